The molecule has 0 radical (unpaired) electrons. The van der Waals surface area contributed by atoms with Crippen LogP contribution in [-0.2, 0) is 0 Å². The quantitative estimate of drug-likeness (QED) is 0.355. The number of aliphatic hydroxyl groups is 2. The number of rotatable bonds is 4. The molecule has 0 spiro atoms. The van der Waals surface area contributed by atoms with E-state index >= 15 is 0 Å². The molecule has 41 heavy (non-hydrogen) atoms. The van der Waals surface area contributed by atoms with Crippen molar-refractivity contribution >= 4 is 17.2 Å². The summed E-state index contributed by atoms with van der Waals surface area (Å²) in [4.78, 5) is 11.5. The van der Waals surface area contributed by atoms with Crippen molar-refractivity contribution in [1.82, 2.24) is 20.1 Å². The Hall–Kier alpha value is -3.91. The van der Waals surface area contributed by atoms with Crippen molar-refractivity contribution in [2.45, 2.75) is 56.0 Å². The molecule has 7 rings (SSSR count). The lowest BCUT2D eigenvalue weighted by molar-refractivity contribution is 0.00551. The van der Waals surface area contributed by atoms with Crippen LogP contribution in [0.3, 0.4) is 0 Å². The molecule has 6 atom stereocenters. The zero-order valence-electron chi connectivity index (χ0n) is 22.8. The summed E-state index contributed by atoms with van der Waals surface area (Å²) in [5, 5.41) is 39.4. The number of para-hydroxylation sites is 1. The number of hydrogen-bond donors (Lipinski definition) is 4. The number of likely N-dealkylation sites (tertiary alicyclic amines) is 1. The molecule has 1 saturated carbocycles. The SMILES string of the molecule is Nc1nnc(-c2ccccc2O)cc1N1CC2CCC(C1)N2c1ccnc(C#CCN2CC[C@@H]3C[C@H]2C(O)C3O)c1. The van der Waals surface area contributed by atoms with Crippen LogP contribution >= 0.6 is 0 Å². The Morgan fingerprint density at radius 1 is 0.976 bits per heavy atom. The van der Waals surface area contributed by atoms with E-state index in [4.69, 9.17) is 5.73 Å². The van der Waals surface area contributed by atoms with Crippen molar-refractivity contribution in [3.05, 3.63) is 54.4 Å². The number of nitrogens with two attached hydrogens (primary N) is 1. The van der Waals surface area contributed by atoms with Gasteiger partial charge in [-0.25, -0.2) is 4.98 Å². The Morgan fingerprint density at radius 2 is 1.78 bits per heavy atom. The number of aliphatic hydroxyl groups excluding tert-OH is 2. The van der Waals surface area contributed by atoms with Crippen LogP contribution in [0.25, 0.3) is 11.3 Å². The Bertz CT molecular complexity index is 1490. The van der Waals surface area contributed by atoms with Gasteiger partial charge in [0.1, 0.15) is 11.4 Å². The molecule has 0 amide bonds. The fourth-order valence-electron chi connectivity index (χ4n) is 7.31. The summed E-state index contributed by atoms with van der Waals surface area (Å²) in [5.74, 6) is 7.27. The zero-order valence-corrected chi connectivity index (χ0v) is 22.8. The van der Waals surface area contributed by atoms with Crippen molar-refractivity contribution in [2.24, 2.45) is 5.92 Å². The Balaban J connectivity index is 1.06. The molecular formula is C31H35N7O3. The van der Waals surface area contributed by atoms with Crippen molar-refractivity contribution in [3.63, 3.8) is 0 Å². The number of phenolic OH excluding ortho intramolecular Hbond substituents is 1. The molecule has 4 unspecified atom stereocenters. The molecule has 4 fully saturated rings. The maximum atomic E-state index is 10.4. The number of fused-ring (bicyclic) bond motifs is 4. The number of piperidine rings is 1. The molecule has 4 aliphatic rings. The van der Waals surface area contributed by atoms with Gasteiger partial charge in [-0.1, -0.05) is 18.1 Å². The van der Waals surface area contributed by atoms with Gasteiger partial charge >= 0.3 is 0 Å². The lowest BCUT2D eigenvalue weighted by Gasteiger charge is -2.43. The first kappa shape index (κ1) is 26.0. The summed E-state index contributed by atoms with van der Waals surface area (Å²) in [6, 6.07) is 13.8. The van der Waals surface area contributed by atoms with Crippen molar-refractivity contribution < 1.29 is 15.3 Å². The van der Waals surface area contributed by atoms with Gasteiger partial charge < -0.3 is 30.9 Å². The lowest BCUT2D eigenvalue weighted by atomic mass is 9.98. The Morgan fingerprint density at radius 3 is 2.59 bits per heavy atom. The highest BCUT2D eigenvalue weighted by atomic mass is 16.3. The monoisotopic (exact) mass is 553 g/mol. The third kappa shape index (κ3) is 4.74. The second-order valence-corrected chi connectivity index (χ2v) is 11.7. The van der Waals surface area contributed by atoms with E-state index in [0.29, 0.717) is 35.7 Å². The number of phenols is 1. The van der Waals surface area contributed by atoms with Crippen molar-refractivity contribution in [3.8, 4) is 28.8 Å². The van der Waals surface area contributed by atoms with E-state index in [1.165, 1.54) is 0 Å². The molecule has 1 aromatic carbocycles. The molecule has 3 saturated heterocycles. The van der Waals surface area contributed by atoms with Crippen molar-refractivity contribution in [1.29, 1.82) is 0 Å². The van der Waals surface area contributed by atoms with E-state index in [-0.39, 0.29) is 17.7 Å². The number of pyridine rings is 1. The molecule has 1 aliphatic carbocycles. The lowest BCUT2D eigenvalue weighted by Crippen LogP contribution is -2.54. The van der Waals surface area contributed by atoms with Crippen LogP contribution in [0.1, 0.15) is 31.4 Å². The average molecular weight is 554 g/mol. The Kier molecular flexibility index (Phi) is 6.66. The molecule has 10 nitrogen and oxygen atoms in total. The van der Waals surface area contributed by atoms with Crippen LogP contribution in [0.5, 0.6) is 5.75 Å². The van der Waals surface area contributed by atoms with E-state index in [0.717, 1.165) is 62.4 Å². The summed E-state index contributed by atoms with van der Waals surface area (Å²) in [7, 11) is 0. The fourth-order valence-corrected chi connectivity index (χ4v) is 7.31. The van der Waals surface area contributed by atoms with Crippen LogP contribution < -0.4 is 15.5 Å². The first-order chi connectivity index (χ1) is 20.0. The van der Waals surface area contributed by atoms with Crippen LogP contribution in [0.15, 0.2) is 48.7 Å². The highest BCUT2D eigenvalue weighted by Gasteiger charge is 2.47. The van der Waals surface area contributed by atoms with E-state index in [9.17, 15) is 15.3 Å². The molecule has 5 heterocycles. The molecule has 2 aromatic heterocycles. The van der Waals surface area contributed by atoms with Gasteiger partial charge in [0.2, 0.25) is 0 Å². The minimum Gasteiger partial charge on any atom is -0.507 e. The normalized spacial score (nSPS) is 28.9. The molecule has 10 heteroatoms. The molecule has 5 N–H and O–H groups in total. The fraction of sp³-hybridized carbons (Fsp3) is 0.452. The number of anilines is 3. The Labute approximate surface area is 239 Å². The van der Waals surface area contributed by atoms with Crippen LogP contribution in [0.2, 0.25) is 0 Å². The molecule has 4 bridgehead atoms. The average Bonchev–Trinajstić information content (AvgIpc) is 3.38. The molecule has 212 valence electrons. The standard InChI is InChI=1S/C31H35N7O3/c32-31-27(16-25(34-35-31)24-5-1-2-6-28(24)39)37-17-22-7-8-23(18-37)38(22)21-9-11-33-20(15-21)4-3-12-36-13-10-19-14-26(36)30(41)29(19)40/h1-2,5-6,9,11,15-16,19,22-23,26,29-30,39-41H,7-8,10,12-14,17-18H2,(H2,32,35)/t19-,22?,23?,26+,29?,30?/m1/s1. The first-order valence-corrected chi connectivity index (χ1v) is 14.5. The van der Waals surface area contributed by atoms with Gasteiger partial charge in [0.25, 0.3) is 0 Å². The van der Waals surface area contributed by atoms with Crippen LogP contribution in [-0.4, -0.2) is 91.9 Å². The number of nitrogens with zero attached hydrogens (tertiary/aromatic N) is 6. The van der Waals surface area contributed by atoms with Gasteiger partial charge in [-0.05, 0) is 74.4 Å². The summed E-state index contributed by atoms with van der Waals surface area (Å²) in [6.45, 7) is 3.02. The smallest absolute Gasteiger partial charge is 0.169 e. The number of nitrogen functional groups attached to an aromatic ring is 1. The topological polar surface area (TPSA) is 135 Å². The summed E-state index contributed by atoms with van der Waals surface area (Å²) < 4.78 is 0. The maximum Gasteiger partial charge on any atom is 0.169 e. The zero-order chi connectivity index (χ0) is 28.1. The van der Waals surface area contributed by atoms with Gasteiger partial charge in [0.15, 0.2) is 5.82 Å². The van der Waals surface area contributed by atoms with E-state index < -0.39 is 12.2 Å². The summed E-state index contributed by atoms with van der Waals surface area (Å²) in [5.41, 5.74) is 10.2. The minimum atomic E-state index is -0.685. The van der Waals surface area contributed by atoms with Gasteiger partial charge in [-0.2, -0.15) is 0 Å². The van der Waals surface area contributed by atoms with E-state index in [2.05, 4.69) is 53.9 Å². The third-order valence-corrected chi connectivity index (χ3v) is 9.37. The first-order valence-electron chi connectivity index (χ1n) is 14.5. The van der Waals surface area contributed by atoms with Gasteiger partial charge in [-0.3, -0.25) is 4.90 Å². The van der Waals surface area contributed by atoms with Gasteiger partial charge in [0.05, 0.1) is 30.1 Å². The number of hydrogen-bond acceptors (Lipinski definition) is 10. The van der Waals surface area contributed by atoms with Crippen LogP contribution in [0, 0.1) is 17.8 Å². The minimum absolute atomic E-state index is 0.0108. The van der Waals surface area contributed by atoms with Crippen LogP contribution in [0.4, 0.5) is 17.2 Å². The molecular weight excluding hydrogens is 518 g/mol. The number of aromatic hydroxyl groups is 1. The summed E-state index contributed by atoms with van der Waals surface area (Å²) in [6.07, 6.45) is 4.44. The van der Waals surface area contributed by atoms with E-state index in [1.807, 2.05) is 24.4 Å². The predicted octanol–water partition coefficient (Wildman–Crippen LogP) is 1.85. The summed E-state index contributed by atoms with van der Waals surface area (Å²) >= 11 is 0. The predicted molar refractivity (Wildman–Crippen MR) is 156 cm³/mol. The van der Waals surface area contributed by atoms with E-state index in [1.54, 1.807) is 12.1 Å². The van der Waals surface area contributed by atoms with Gasteiger partial charge in [0, 0.05) is 48.7 Å². The number of piperazine rings is 1. The highest BCUT2D eigenvalue weighted by molar-refractivity contribution is 5.74. The van der Waals surface area contributed by atoms with Gasteiger partial charge in [-0.15, -0.1) is 10.2 Å². The largest absolute Gasteiger partial charge is 0.507 e. The second-order valence-electron chi connectivity index (χ2n) is 11.7. The molecule has 3 aliphatic heterocycles. The second kappa shape index (κ2) is 10.5. The maximum absolute atomic E-state index is 10.4. The third-order valence-electron chi connectivity index (χ3n) is 9.37. The number of benzene rings is 1. The van der Waals surface area contributed by atoms with Crippen molar-refractivity contribution in [2.75, 3.05) is 41.7 Å². The number of aromatic nitrogens is 3. The highest BCUT2D eigenvalue weighted by Crippen LogP contribution is 2.39. The molecule has 3 aromatic rings.